The fourth-order valence-corrected chi connectivity index (χ4v) is 9.69. The third-order valence-electron chi connectivity index (χ3n) is 11.8. The second kappa shape index (κ2) is 17.9. The first-order chi connectivity index (χ1) is 32.7. The molecule has 4 aliphatic rings. The van der Waals surface area contributed by atoms with Crippen LogP contribution in [0.4, 0.5) is 11.4 Å². The van der Waals surface area contributed by atoms with Gasteiger partial charge in [-0.05, 0) is 120 Å². The number of aliphatic imine (C=N–C) groups is 1. The molecule has 7 aromatic rings. The Labute approximate surface area is 388 Å². The number of nitrogens with zero attached hydrogens (tertiary/aromatic N) is 5. The van der Waals surface area contributed by atoms with Gasteiger partial charge in [-0.25, -0.2) is 0 Å². The van der Waals surface area contributed by atoms with E-state index >= 15 is 0 Å². The topological polar surface area (TPSA) is 54.3 Å². The number of pyridine rings is 3. The predicted octanol–water partition coefficient (Wildman–Crippen LogP) is 14.4. The Hall–Kier alpha value is -8.59. The van der Waals surface area contributed by atoms with Crippen LogP contribution in [0.2, 0.25) is 0 Å². The fraction of sp³-hybridized carbons (Fsp3) is 0.0167. The van der Waals surface area contributed by atoms with E-state index < -0.39 is 0 Å². The Morgan fingerprint density at radius 3 is 2.11 bits per heavy atom. The molecule has 6 heteroatoms. The number of aromatic nitrogens is 3. The van der Waals surface area contributed by atoms with Crippen molar-refractivity contribution in [3.05, 3.63) is 281 Å². The number of fused-ring (bicyclic) bond motifs is 3. The van der Waals surface area contributed by atoms with Gasteiger partial charge in [-0.2, -0.15) is 0 Å². The minimum absolute atomic E-state index is 0.684. The van der Waals surface area contributed by atoms with Crippen LogP contribution in [0, 0.1) is 0 Å². The van der Waals surface area contributed by atoms with E-state index in [-0.39, 0.29) is 0 Å². The van der Waals surface area contributed by atoms with E-state index in [0.717, 1.165) is 111 Å². The summed E-state index contributed by atoms with van der Waals surface area (Å²) in [6.45, 7) is 4.31. The lowest BCUT2D eigenvalue weighted by atomic mass is 9.91. The van der Waals surface area contributed by atoms with Crippen molar-refractivity contribution in [3.8, 4) is 22.4 Å². The lowest BCUT2D eigenvalue weighted by molar-refractivity contribution is 1.17. The van der Waals surface area contributed by atoms with E-state index in [9.17, 15) is 0 Å². The second-order valence-corrected chi connectivity index (χ2v) is 16.9. The molecule has 2 bridgehead atoms. The summed E-state index contributed by atoms with van der Waals surface area (Å²) in [6, 6.07) is 48.4. The van der Waals surface area contributed by atoms with Gasteiger partial charge in [0, 0.05) is 86.0 Å². The van der Waals surface area contributed by atoms with Crippen LogP contribution >= 0.6 is 11.8 Å². The Morgan fingerprint density at radius 2 is 1.35 bits per heavy atom. The molecule has 3 aliphatic heterocycles. The molecule has 0 unspecified atom stereocenters. The fourth-order valence-electron chi connectivity index (χ4n) is 8.70. The highest BCUT2D eigenvalue weighted by Gasteiger charge is 2.27. The van der Waals surface area contributed by atoms with Gasteiger partial charge in [-0.1, -0.05) is 115 Å². The number of benzene rings is 4. The van der Waals surface area contributed by atoms with E-state index in [1.807, 2.05) is 85.5 Å². The van der Waals surface area contributed by atoms with Crippen LogP contribution < -0.4 is 4.90 Å². The van der Waals surface area contributed by atoms with Crippen molar-refractivity contribution in [1.29, 1.82) is 0 Å². The first kappa shape index (κ1) is 40.2. The van der Waals surface area contributed by atoms with Crippen LogP contribution in [-0.4, -0.2) is 20.7 Å². The molecule has 0 atom stereocenters. The highest BCUT2D eigenvalue weighted by molar-refractivity contribution is 8.03. The minimum atomic E-state index is 0.684. The lowest BCUT2D eigenvalue weighted by Crippen LogP contribution is -2.19. The maximum atomic E-state index is 4.82. The molecule has 4 aromatic carbocycles. The van der Waals surface area contributed by atoms with Gasteiger partial charge >= 0.3 is 0 Å². The second-order valence-electron chi connectivity index (χ2n) is 15.8. The Morgan fingerprint density at radius 1 is 0.636 bits per heavy atom. The van der Waals surface area contributed by atoms with Gasteiger partial charge in [0.05, 0.1) is 39.1 Å². The van der Waals surface area contributed by atoms with Gasteiger partial charge in [0.1, 0.15) is 0 Å². The van der Waals surface area contributed by atoms with Crippen LogP contribution in [0.5, 0.6) is 0 Å². The number of thioether (sulfide) groups is 1. The monoisotopic (exact) mass is 861 g/mol. The molecule has 5 nitrogen and oxygen atoms in total. The van der Waals surface area contributed by atoms with Crippen molar-refractivity contribution in [2.75, 3.05) is 4.90 Å². The van der Waals surface area contributed by atoms with Gasteiger partial charge in [0.25, 0.3) is 0 Å². The molecule has 0 amide bonds. The highest BCUT2D eigenvalue weighted by atomic mass is 32.2. The summed E-state index contributed by atoms with van der Waals surface area (Å²) >= 11 is 1.72. The van der Waals surface area contributed by atoms with Gasteiger partial charge in [-0.15, -0.1) is 5.73 Å². The number of anilines is 2. The maximum absolute atomic E-state index is 4.82. The van der Waals surface area contributed by atoms with Crippen LogP contribution in [0.15, 0.2) is 257 Å². The predicted molar refractivity (Wildman–Crippen MR) is 273 cm³/mol. The van der Waals surface area contributed by atoms with Crippen molar-refractivity contribution in [2.45, 2.75) is 11.3 Å². The minimum Gasteiger partial charge on any atom is -0.303 e. The summed E-state index contributed by atoms with van der Waals surface area (Å²) in [7, 11) is 0. The molecule has 0 radical (unpaired) electrons. The number of hydrogen-bond donors (Lipinski definition) is 0. The van der Waals surface area contributed by atoms with Crippen LogP contribution in [-0.2, 0) is 6.42 Å². The molecular formula is C60H39N5S. The molecule has 6 heterocycles. The Kier molecular flexibility index (Phi) is 10.9. The zero-order chi connectivity index (χ0) is 44.2. The molecular weight excluding hydrogens is 823 g/mol. The number of allylic oxidation sites excluding steroid dienone is 9. The van der Waals surface area contributed by atoms with Gasteiger partial charge in [0.15, 0.2) is 0 Å². The van der Waals surface area contributed by atoms with Crippen molar-refractivity contribution in [3.63, 3.8) is 0 Å². The molecule has 3 aromatic heterocycles. The van der Waals surface area contributed by atoms with Gasteiger partial charge in [-0.3, -0.25) is 19.9 Å². The largest absolute Gasteiger partial charge is 0.303 e. The molecule has 1 aliphatic carbocycles. The average molecular weight is 862 g/mol. The van der Waals surface area contributed by atoms with E-state index in [0.29, 0.717) is 6.42 Å². The Bertz CT molecular complexity index is 3480. The summed E-state index contributed by atoms with van der Waals surface area (Å²) < 4.78 is 0. The molecule has 0 fully saturated rings. The van der Waals surface area contributed by atoms with Crippen molar-refractivity contribution in [2.24, 2.45) is 4.99 Å². The zero-order valence-electron chi connectivity index (χ0n) is 35.8. The molecule has 0 N–H and O–H groups in total. The summed E-state index contributed by atoms with van der Waals surface area (Å²) in [6.07, 6.45) is 24.4. The third-order valence-corrected chi connectivity index (χ3v) is 12.8. The van der Waals surface area contributed by atoms with Crippen LogP contribution in [0.25, 0.3) is 44.7 Å². The maximum Gasteiger partial charge on any atom is 0.0893 e. The Balaban J connectivity index is 1.05. The van der Waals surface area contributed by atoms with Crippen LogP contribution in [0.1, 0.15) is 33.6 Å². The third kappa shape index (κ3) is 7.87. The molecule has 11 rings (SSSR count). The SMILES string of the molecule is C=CC1=C=C(/C=C\Cc2ccccc2C2=NC=CC=C=C2)N(c2ccc3c(c2)C2=C=C(C=C(c4ccccn4)C(c4ccccn4)=C2)S3)c2ccc(-c3ccccc3-c3ccccn3)cc21. The summed E-state index contributed by atoms with van der Waals surface area (Å²) in [5, 5.41) is 0. The molecule has 0 saturated heterocycles. The van der Waals surface area contributed by atoms with Crippen molar-refractivity contribution < 1.29 is 0 Å². The summed E-state index contributed by atoms with van der Waals surface area (Å²) in [4.78, 5) is 23.5. The lowest BCUT2D eigenvalue weighted by Gasteiger charge is -2.31. The number of rotatable bonds is 10. The standard InChI is InChI=1S/C60H39N5S/c1-2-41-35-45(19-16-18-42-17-5-6-21-49(42)55-23-4-3-12-31-61-55)65(59-29-27-43(37-51(41)59)48-20-7-8-22-50(48)56-24-9-13-32-62-56)46-28-30-60-52(39-46)44-36-47(66-60)40-54(58-26-11-15-34-64-58)53(38-44)57-25-10-14-33-63-57/h2-3,5-17,19-34,37-40H,1,18H2/b19-16-. The molecule has 0 saturated carbocycles. The molecule has 66 heavy (non-hydrogen) atoms. The summed E-state index contributed by atoms with van der Waals surface area (Å²) in [5.74, 6) is 0. The van der Waals surface area contributed by atoms with Crippen LogP contribution in [0.3, 0.4) is 0 Å². The first-order valence-corrected chi connectivity index (χ1v) is 22.6. The zero-order valence-corrected chi connectivity index (χ0v) is 36.6. The van der Waals surface area contributed by atoms with E-state index in [4.69, 9.17) is 19.9 Å². The normalized spacial score (nSPS) is 14.7. The molecule has 0 spiro atoms. The smallest absolute Gasteiger partial charge is 0.0893 e. The van der Waals surface area contributed by atoms with E-state index in [2.05, 4.69) is 156 Å². The van der Waals surface area contributed by atoms with E-state index in [1.54, 1.807) is 11.8 Å². The van der Waals surface area contributed by atoms with Gasteiger partial charge in [0.2, 0.25) is 0 Å². The quantitative estimate of drug-likeness (QED) is 0.128. The molecule has 310 valence electrons. The van der Waals surface area contributed by atoms with Gasteiger partial charge < -0.3 is 4.90 Å². The number of hydrogen-bond acceptors (Lipinski definition) is 6. The van der Waals surface area contributed by atoms with Crippen molar-refractivity contribution >= 4 is 51.1 Å². The van der Waals surface area contributed by atoms with E-state index in [1.165, 1.54) is 0 Å². The summed E-state index contributed by atoms with van der Waals surface area (Å²) in [5.41, 5.74) is 28.8. The average Bonchev–Trinajstić information content (AvgIpc) is 3.75. The van der Waals surface area contributed by atoms with Crippen molar-refractivity contribution in [1.82, 2.24) is 15.0 Å². The first-order valence-electron chi connectivity index (χ1n) is 21.8. The highest BCUT2D eigenvalue weighted by Crippen LogP contribution is 2.48.